The normalized spacial score (nSPS) is 30.0. The van der Waals surface area contributed by atoms with Crippen molar-refractivity contribution < 1.29 is 19.4 Å². The number of fused-ring (bicyclic) bond motifs is 1. The minimum Gasteiger partial charge on any atom is -0.389 e. The summed E-state index contributed by atoms with van der Waals surface area (Å²) in [6, 6.07) is 6.50. The average Bonchev–Trinajstić information content (AvgIpc) is 3.17. The van der Waals surface area contributed by atoms with Crippen LogP contribution in [0.15, 0.2) is 24.4 Å². The molecule has 3 atom stereocenters. The van der Waals surface area contributed by atoms with Gasteiger partial charge in [0.15, 0.2) is 0 Å². The van der Waals surface area contributed by atoms with Gasteiger partial charge in [-0.1, -0.05) is 6.07 Å². The van der Waals surface area contributed by atoms with Crippen LogP contribution in [0.2, 0.25) is 0 Å². The summed E-state index contributed by atoms with van der Waals surface area (Å²) in [5.41, 5.74) is 2.12. The van der Waals surface area contributed by atoms with E-state index >= 15 is 0 Å². The Labute approximate surface area is 208 Å². The second kappa shape index (κ2) is 9.43. The summed E-state index contributed by atoms with van der Waals surface area (Å²) in [7, 11) is 0. The largest absolute Gasteiger partial charge is 0.389 e. The number of aliphatic hydroxyl groups excluding tert-OH is 1. The van der Waals surface area contributed by atoms with Crippen molar-refractivity contribution in [2.45, 2.75) is 76.5 Å². The third kappa shape index (κ3) is 4.96. The van der Waals surface area contributed by atoms with Crippen LogP contribution in [0.5, 0.6) is 0 Å². The van der Waals surface area contributed by atoms with E-state index in [4.69, 9.17) is 9.47 Å². The van der Waals surface area contributed by atoms with Gasteiger partial charge in [0.25, 0.3) is 0 Å². The predicted octanol–water partition coefficient (Wildman–Crippen LogP) is 4.02. The Morgan fingerprint density at radius 1 is 1.14 bits per heavy atom. The Morgan fingerprint density at radius 2 is 1.91 bits per heavy atom. The van der Waals surface area contributed by atoms with Crippen LogP contribution in [-0.4, -0.2) is 71.1 Å². The Kier molecular flexibility index (Phi) is 6.64. The molecule has 0 radical (unpaired) electrons. The molecule has 3 aliphatic rings. The fraction of sp³-hybridized carbons (Fsp3) is 0.643. The number of rotatable bonds is 4. The van der Waals surface area contributed by atoms with Crippen molar-refractivity contribution in [3.63, 3.8) is 0 Å². The maximum absolute atomic E-state index is 12.9. The lowest BCUT2D eigenvalue weighted by Crippen LogP contribution is -2.56. The first-order valence-electron chi connectivity index (χ1n) is 13.0. The number of carbonyl (C=O) groups is 1. The molecule has 3 fully saturated rings. The SMILES string of the molecule is Cc1cc2cnc(NC(=O)[C@@H]3CCOC(C)(C)C3)cc2cc1C1CCN([C@]2(C)COC[C@@H]2O)CC1. The van der Waals surface area contributed by atoms with Crippen LogP contribution >= 0.6 is 0 Å². The van der Waals surface area contributed by atoms with E-state index in [1.807, 2.05) is 26.1 Å². The quantitative estimate of drug-likeness (QED) is 0.686. The van der Waals surface area contributed by atoms with Crippen molar-refractivity contribution in [3.8, 4) is 0 Å². The molecule has 5 rings (SSSR count). The fourth-order valence-electron chi connectivity index (χ4n) is 6.17. The van der Waals surface area contributed by atoms with Crippen molar-refractivity contribution in [2.24, 2.45) is 5.92 Å². The Hall–Kier alpha value is -2.06. The topological polar surface area (TPSA) is 83.9 Å². The number of aryl methyl sites for hydroxylation is 1. The number of amides is 1. The number of aliphatic hydroxyl groups is 1. The van der Waals surface area contributed by atoms with Crippen molar-refractivity contribution in [1.82, 2.24) is 9.88 Å². The highest BCUT2D eigenvalue weighted by atomic mass is 16.5. The Bertz CT molecular complexity index is 1100. The smallest absolute Gasteiger partial charge is 0.228 e. The van der Waals surface area contributed by atoms with Gasteiger partial charge in [0.2, 0.25) is 5.91 Å². The highest BCUT2D eigenvalue weighted by Crippen LogP contribution is 2.37. The van der Waals surface area contributed by atoms with Crippen LogP contribution in [0.4, 0.5) is 5.82 Å². The lowest BCUT2D eigenvalue weighted by Gasteiger charge is -2.44. The van der Waals surface area contributed by atoms with E-state index in [1.165, 1.54) is 11.1 Å². The van der Waals surface area contributed by atoms with E-state index in [0.717, 1.165) is 49.5 Å². The second-order valence-electron chi connectivity index (χ2n) is 11.6. The van der Waals surface area contributed by atoms with Crippen LogP contribution in [0.1, 0.15) is 63.5 Å². The van der Waals surface area contributed by atoms with Gasteiger partial charge in [-0.05, 0) is 101 Å². The van der Waals surface area contributed by atoms with Gasteiger partial charge < -0.3 is 19.9 Å². The van der Waals surface area contributed by atoms with Gasteiger partial charge in [0, 0.05) is 24.1 Å². The van der Waals surface area contributed by atoms with Gasteiger partial charge >= 0.3 is 0 Å². The number of pyridine rings is 1. The van der Waals surface area contributed by atoms with Gasteiger partial charge in [-0.15, -0.1) is 0 Å². The molecular weight excluding hydrogens is 442 g/mol. The molecular formula is C28H39N3O4. The zero-order chi connectivity index (χ0) is 24.8. The van der Waals surface area contributed by atoms with Crippen molar-refractivity contribution in [2.75, 3.05) is 38.2 Å². The molecule has 35 heavy (non-hydrogen) atoms. The van der Waals surface area contributed by atoms with E-state index < -0.39 is 6.10 Å². The molecule has 0 bridgehead atoms. The van der Waals surface area contributed by atoms with Gasteiger partial charge in [-0.2, -0.15) is 0 Å². The van der Waals surface area contributed by atoms with E-state index in [-0.39, 0.29) is 23.0 Å². The predicted molar refractivity (Wildman–Crippen MR) is 137 cm³/mol. The first-order valence-corrected chi connectivity index (χ1v) is 13.0. The zero-order valence-electron chi connectivity index (χ0n) is 21.5. The van der Waals surface area contributed by atoms with Crippen LogP contribution in [-0.2, 0) is 14.3 Å². The molecule has 1 aromatic heterocycles. The molecule has 0 saturated carbocycles. The van der Waals surface area contributed by atoms with Crippen molar-refractivity contribution in [3.05, 3.63) is 35.5 Å². The molecule has 1 amide bonds. The number of aromatic nitrogens is 1. The Balaban J connectivity index is 1.29. The fourth-order valence-corrected chi connectivity index (χ4v) is 6.17. The molecule has 7 nitrogen and oxygen atoms in total. The first-order chi connectivity index (χ1) is 16.6. The zero-order valence-corrected chi connectivity index (χ0v) is 21.5. The summed E-state index contributed by atoms with van der Waals surface area (Å²) in [6.45, 7) is 11.9. The summed E-state index contributed by atoms with van der Waals surface area (Å²) >= 11 is 0. The van der Waals surface area contributed by atoms with Crippen LogP contribution in [0.25, 0.3) is 10.8 Å². The molecule has 4 heterocycles. The van der Waals surface area contributed by atoms with Crippen LogP contribution in [0, 0.1) is 12.8 Å². The van der Waals surface area contributed by atoms with Crippen molar-refractivity contribution in [1.29, 1.82) is 0 Å². The number of piperidine rings is 1. The number of anilines is 1. The molecule has 0 aliphatic carbocycles. The minimum atomic E-state index is -0.421. The number of hydrogen-bond donors (Lipinski definition) is 2. The number of benzene rings is 1. The van der Waals surface area contributed by atoms with Crippen LogP contribution < -0.4 is 5.32 Å². The van der Waals surface area contributed by atoms with Crippen molar-refractivity contribution >= 4 is 22.5 Å². The summed E-state index contributed by atoms with van der Waals surface area (Å²) in [4.78, 5) is 19.8. The molecule has 7 heteroatoms. The van der Waals surface area contributed by atoms with Gasteiger partial charge in [0.1, 0.15) is 5.82 Å². The summed E-state index contributed by atoms with van der Waals surface area (Å²) in [5, 5.41) is 15.7. The highest BCUT2D eigenvalue weighted by Gasteiger charge is 2.45. The summed E-state index contributed by atoms with van der Waals surface area (Å²) < 4.78 is 11.3. The lowest BCUT2D eigenvalue weighted by atomic mass is 9.83. The standard InChI is InChI=1S/C28H39N3O4/c1-18-11-22-15-29-25(30-26(33)20-7-10-35-27(2,3)14-20)13-21(22)12-23(18)19-5-8-31(9-6-19)28(4)17-34-16-24(28)32/h11-13,15,19-20,24,32H,5-10,14,16-17H2,1-4H3,(H,29,30,33)/t20-,24+,28-/m1/s1. The third-order valence-electron chi connectivity index (χ3n) is 8.47. The number of nitrogens with zero attached hydrogens (tertiary/aromatic N) is 2. The molecule has 3 aliphatic heterocycles. The highest BCUT2D eigenvalue weighted by molar-refractivity contribution is 5.94. The molecule has 0 spiro atoms. The summed E-state index contributed by atoms with van der Waals surface area (Å²) in [6.07, 6.45) is 5.02. The molecule has 3 saturated heterocycles. The minimum absolute atomic E-state index is 0.0273. The maximum Gasteiger partial charge on any atom is 0.228 e. The molecule has 2 N–H and O–H groups in total. The monoisotopic (exact) mass is 481 g/mol. The molecule has 190 valence electrons. The molecule has 0 unspecified atom stereocenters. The number of carbonyl (C=O) groups excluding carboxylic acids is 1. The van der Waals surface area contributed by atoms with Gasteiger partial charge in [-0.3, -0.25) is 9.69 Å². The van der Waals surface area contributed by atoms with Crippen LogP contribution in [0.3, 0.4) is 0 Å². The number of nitrogens with one attached hydrogen (secondary N) is 1. The van der Waals surface area contributed by atoms with Gasteiger partial charge in [0.05, 0.1) is 30.5 Å². The molecule has 2 aromatic rings. The lowest BCUT2D eigenvalue weighted by molar-refractivity contribution is -0.130. The summed E-state index contributed by atoms with van der Waals surface area (Å²) in [5.74, 6) is 1.06. The average molecular weight is 482 g/mol. The second-order valence-corrected chi connectivity index (χ2v) is 11.6. The maximum atomic E-state index is 12.9. The number of hydrogen-bond acceptors (Lipinski definition) is 6. The van der Waals surface area contributed by atoms with E-state index in [1.54, 1.807) is 0 Å². The third-order valence-corrected chi connectivity index (χ3v) is 8.47. The van der Waals surface area contributed by atoms with E-state index in [0.29, 0.717) is 31.6 Å². The van der Waals surface area contributed by atoms with Gasteiger partial charge in [-0.25, -0.2) is 4.98 Å². The number of ether oxygens (including phenoxy) is 2. The first kappa shape index (κ1) is 24.6. The van der Waals surface area contributed by atoms with E-state index in [2.05, 4.69) is 41.2 Å². The molecule has 1 aromatic carbocycles. The number of likely N-dealkylation sites (tertiary alicyclic amines) is 1. The Morgan fingerprint density at radius 3 is 2.60 bits per heavy atom. The van der Waals surface area contributed by atoms with E-state index in [9.17, 15) is 9.90 Å².